The van der Waals surface area contributed by atoms with E-state index in [9.17, 15) is 14.3 Å². The van der Waals surface area contributed by atoms with Crippen LogP contribution in [0.1, 0.15) is 18.6 Å². The van der Waals surface area contributed by atoms with E-state index in [1.54, 1.807) is 20.1 Å². The molecule has 1 amide bonds. The molecule has 6 heteroatoms. The normalized spacial score (nSPS) is 13.0. The molecule has 128 valence electrons. The number of rotatable bonds is 7. The van der Waals surface area contributed by atoms with Gasteiger partial charge in [-0.25, -0.2) is 4.39 Å². The molecule has 0 spiro atoms. The maximum absolute atomic E-state index is 12.9. The van der Waals surface area contributed by atoms with Crippen LogP contribution in [0.2, 0.25) is 0 Å². The number of benzene rings is 2. The summed E-state index contributed by atoms with van der Waals surface area (Å²) in [5, 5.41) is 15.9. The van der Waals surface area contributed by atoms with Crippen LogP contribution in [-0.4, -0.2) is 30.7 Å². The average molecular weight is 332 g/mol. The lowest BCUT2D eigenvalue weighted by molar-refractivity contribution is -0.120. The number of aliphatic hydroxyl groups excluding tert-OH is 1. The van der Waals surface area contributed by atoms with Crippen LogP contribution >= 0.6 is 0 Å². The predicted octanol–water partition coefficient (Wildman–Crippen LogP) is 2.48. The van der Waals surface area contributed by atoms with E-state index >= 15 is 0 Å². The van der Waals surface area contributed by atoms with Crippen molar-refractivity contribution in [2.45, 2.75) is 19.1 Å². The van der Waals surface area contributed by atoms with Crippen LogP contribution in [0.4, 0.5) is 10.1 Å². The Morgan fingerprint density at radius 3 is 2.54 bits per heavy atom. The van der Waals surface area contributed by atoms with Crippen LogP contribution in [0.5, 0.6) is 5.75 Å². The Balaban J connectivity index is 1.88. The Bertz CT molecular complexity index is 676. The Labute approximate surface area is 140 Å². The molecule has 0 bridgehead atoms. The van der Waals surface area contributed by atoms with E-state index in [4.69, 9.17) is 4.74 Å². The fourth-order valence-corrected chi connectivity index (χ4v) is 2.30. The van der Waals surface area contributed by atoms with Gasteiger partial charge in [0, 0.05) is 0 Å². The van der Waals surface area contributed by atoms with Crippen molar-refractivity contribution in [3.05, 3.63) is 59.9 Å². The number of carbonyl (C=O) groups is 1. The van der Waals surface area contributed by atoms with Crippen molar-refractivity contribution in [1.82, 2.24) is 5.32 Å². The number of carbonyl (C=O) groups excluding carboxylic acids is 1. The molecular formula is C18H21FN2O3. The van der Waals surface area contributed by atoms with Crippen LogP contribution in [0, 0.1) is 5.82 Å². The van der Waals surface area contributed by atoms with E-state index in [2.05, 4.69) is 10.6 Å². The highest BCUT2D eigenvalue weighted by atomic mass is 19.1. The molecule has 0 aliphatic heterocycles. The van der Waals surface area contributed by atoms with Gasteiger partial charge in [0.25, 0.3) is 0 Å². The topological polar surface area (TPSA) is 70.6 Å². The molecule has 0 aliphatic rings. The third-order valence-electron chi connectivity index (χ3n) is 3.62. The first-order valence-corrected chi connectivity index (χ1v) is 7.61. The molecule has 0 aliphatic carbocycles. The first-order chi connectivity index (χ1) is 11.5. The molecule has 3 N–H and O–H groups in total. The number of hydrogen-bond donors (Lipinski definition) is 3. The highest BCUT2D eigenvalue weighted by molar-refractivity contribution is 5.81. The Kier molecular flexibility index (Phi) is 6.14. The van der Waals surface area contributed by atoms with Crippen molar-refractivity contribution in [1.29, 1.82) is 0 Å². The molecule has 2 unspecified atom stereocenters. The number of para-hydroxylation sites is 2. The van der Waals surface area contributed by atoms with E-state index in [1.807, 2.05) is 18.2 Å². The molecule has 0 aromatic heterocycles. The molecule has 2 aromatic carbocycles. The van der Waals surface area contributed by atoms with Gasteiger partial charge in [-0.05, 0) is 36.8 Å². The van der Waals surface area contributed by atoms with Gasteiger partial charge in [-0.15, -0.1) is 0 Å². The minimum Gasteiger partial charge on any atom is -0.495 e. The quantitative estimate of drug-likeness (QED) is 0.728. The van der Waals surface area contributed by atoms with E-state index in [0.717, 1.165) is 0 Å². The minimum atomic E-state index is -0.916. The van der Waals surface area contributed by atoms with Crippen LogP contribution in [0.25, 0.3) is 0 Å². The summed E-state index contributed by atoms with van der Waals surface area (Å²) in [7, 11) is 1.56. The van der Waals surface area contributed by atoms with E-state index in [1.165, 1.54) is 24.3 Å². The fraction of sp³-hybridized carbons (Fsp3) is 0.278. The van der Waals surface area contributed by atoms with Crippen LogP contribution in [-0.2, 0) is 4.79 Å². The average Bonchev–Trinajstić information content (AvgIpc) is 2.60. The maximum Gasteiger partial charge on any atom is 0.239 e. The summed E-state index contributed by atoms with van der Waals surface area (Å²) in [5.41, 5.74) is 1.25. The molecule has 0 fully saturated rings. The second kappa shape index (κ2) is 8.31. The molecule has 0 heterocycles. The van der Waals surface area contributed by atoms with Crippen LogP contribution in [0.15, 0.2) is 48.5 Å². The SMILES string of the molecule is COc1ccccc1NCC(=O)NC(C)C(O)c1ccc(F)cc1. The van der Waals surface area contributed by atoms with E-state index in [-0.39, 0.29) is 18.3 Å². The number of aliphatic hydroxyl groups is 1. The fourth-order valence-electron chi connectivity index (χ4n) is 2.30. The Morgan fingerprint density at radius 2 is 1.88 bits per heavy atom. The summed E-state index contributed by atoms with van der Waals surface area (Å²) >= 11 is 0. The number of halogens is 1. The summed E-state index contributed by atoms with van der Waals surface area (Å²) < 4.78 is 18.1. The molecule has 0 radical (unpaired) electrons. The number of ether oxygens (including phenoxy) is 1. The Morgan fingerprint density at radius 1 is 1.21 bits per heavy atom. The molecule has 24 heavy (non-hydrogen) atoms. The van der Waals surface area contributed by atoms with Crippen molar-refractivity contribution >= 4 is 11.6 Å². The van der Waals surface area contributed by atoms with Gasteiger partial charge in [-0.2, -0.15) is 0 Å². The number of amides is 1. The molecule has 2 aromatic rings. The van der Waals surface area contributed by atoms with Gasteiger partial charge in [-0.3, -0.25) is 4.79 Å². The molecule has 5 nitrogen and oxygen atoms in total. The lowest BCUT2D eigenvalue weighted by Gasteiger charge is -2.21. The third-order valence-corrected chi connectivity index (χ3v) is 3.62. The summed E-state index contributed by atoms with van der Waals surface area (Å²) in [6.45, 7) is 1.73. The second-order valence-electron chi connectivity index (χ2n) is 5.41. The van der Waals surface area contributed by atoms with Crippen molar-refractivity contribution < 1.29 is 19.0 Å². The largest absolute Gasteiger partial charge is 0.495 e. The summed E-state index contributed by atoms with van der Waals surface area (Å²) in [6, 6.07) is 12.3. The number of hydrogen-bond acceptors (Lipinski definition) is 4. The first-order valence-electron chi connectivity index (χ1n) is 7.61. The highest BCUT2D eigenvalue weighted by Crippen LogP contribution is 2.22. The smallest absolute Gasteiger partial charge is 0.239 e. The van der Waals surface area contributed by atoms with Crippen molar-refractivity contribution in [3.8, 4) is 5.75 Å². The summed E-state index contributed by atoms with van der Waals surface area (Å²) in [5.74, 6) is 0.00269. The summed E-state index contributed by atoms with van der Waals surface area (Å²) in [4.78, 5) is 12.0. The van der Waals surface area contributed by atoms with Gasteiger partial charge < -0.3 is 20.5 Å². The van der Waals surface area contributed by atoms with Crippen molar-refractivity contribution in [2.75, 3.05) is 19.0 Å². The predicted molar refractivity (Wildman–Crippen MR) is 90.4 cm³/mol. The monoisotopic (exact) mass is 332 g/mol. The van der Waals surface area contributed by atoms with Gasteiger partial charge >= 0.3 is 0 Å². The second-order valence-corrected chi connectivity index (χ2v) is 5.41. The third kappa shape index (κ3) is 4.70. The lowest BCUT2D eigenvalue weighted by atomic mass is 10.0. The van der Waals surface area contributed by atoms with Crippen LogP contribution in [0.3, 0.4) is 0 Å². The van der Waals surface area contributed by atoms with Gasteiger partial charge in [0.05, 0.1) is 31.5 Å². The number of methoxy groups -OCH3 is 1. The molecule has 2 atom stereocenters. The van der Waals surface area contributed by atoms with E-state index < -0.39 is 12.1 Å². The standard InChI is InChI=1S/C18H21FN2O3/c1-12(18(23)13-7-9-14(19)10-8-13)21-17(22)11-20-15-5-3-4-6-16(15)24-2/h3-10,12,18,20,23H,11H2,1-2H3,(H,21,22). The zero-order valence-electron chi connectivity index (χ0n) is 13.6. The maximum atomic E-state index is 12.9. The Hall–Kier alpha value is -2.60. The van der Waals surface area contributed by atoms with Crippen molar-refractivity contribution in [2.24, 2.45) is 0 Å². The van der Waals surface area contributed by atoms with Gasteiger partial charge in [0.1, 0.15) is 11.6 Å². The van der Waals surface area contributed by atoms with E-state index in [0.29, 0.717) is 17.0 Å². The van der Waals surface area contributed by atoms with Gasteiger partial charge in [0.2, 0.25) is 5.91 Å². The molecule has 0 saturated carbocycles. The zero-order valence-corrected chi connectivity index (χ0v) is 13.6. The van der Waals surface area contributed by atoms with Gasteiger partial charge in [-0.1, -0.05) is 24.3 Å². The van der Waals surface area contributed by atoms with Gasteiger partial charge in [0.15, 0.2) is 0 Å². The zero-order chi connectivity index (χ0) is 17.5. The van der Waals surface area contributed by atoms with Crippen LogP contribution < -0.4 is 15.4 Å². The molecule has 0 saturated heterocycles. The lowest BCUT2D eigenvalue weighted by Crippen LogP contribution is -2.40. The minimum absolute atomic E-state index is 0.0425. The molecular weight excluding hydrogens is 311 g/mol. The highest BCUT2D eigenvalue weighted by Gasteiger charge is 2.18. The summed E-state index contributed by atoms with van der Waals surface area (Å²) in [6.07, 6.45) is -0.916. The number of nitrogens with one attached hydrogen (secondary N) is 2. The molecule has 2 rings (SSSR count). The number of anilines is 1. The first kappa shape index (κ1) is 17.7. The van der Waals surface area contributed by atoms with Crippen molar-refractivity contribution in [3.63, 3.8) is 0 Å².